The summed E-state index contributed by atoms with van der Waals surface area (Å²) in [5.74, 6) is 2.47. The highest BCUT2D eigenvalue weighted by atomic mass is 16.5. The van der Waals surface area contributed by atoms with Crippen LogP contribution in [0.15, 0.2) is 4.52 Å². The number of aromatic nitrogens is 2. The molecule has 19 heavy (non-hydrogen) atoms. The van der Waals surface area contributed by atoms with Gasteiger partial charge >= 0.3 is 0 Å². The average molecular weight is 265 g/mol. The topological polar surface area (TPSA) is 64.9 Å². The van der Waals surface area contributed by atoms with Crippen molar-refractivity contribution >= 4 is 0 Å². The van der Waals surface area contributed by atoms with E-state index in [1.54, 1.807) is 0 Å². The fraction of sp³-hybridized carbons (Fsp3) is 0.867. The molecule has 1 heterocycles. The van der Waals surface area contributed by atoms with Gasteiger partial charge in [0.05, 0.1) is 6.04 Å². The summed E-state index contributed by atoms with van der Waals surface area (Å²) in [6.45, 7) is 8.98. The molecule has 2 rings (SSSR count). The zero-order valence-electron chi connectivity index (χ0n) is 12.6. The third-order valence-corrected chi connectivity index (χ3v) is 4.20. The molecule has 0 radical (unpaired) electrons. The molecule has 4 nitrogen and oxygen atoms in total. The minimum atomic E-state index is -0.124. The molecule has 0 amide bonds. The molecule has 1 aliphatic rings. The summed E-state index contributed by atoms with van der Waals surface area (Å²) in [7, 11) is 0. The van der Waals surface area contributed by atoms with Gasteiger partial charge in [-0.3, -0.25) is 0 Å². The van der Waals surface area contributed by atoms with Gasteiger partial charge in [-0.15, -0.1) is 0 Å². The van der Waals surface area contributed by atoms with Gasteiger partial charge in [0.15, 0.2) is 5.82 Å². The second-order valence-corrected chi connectivity index (χ2v) is 7.17. The summed E-state index contributed by atoms with van der Waals surface area (Å²) in [5, 5.41) is 4.15. The molecule has 1 aliphatic carbocycles. The van der Waals surface area contributed by atoms with Crippen LogP contribution in [-0.4, -0.2) is 10.1 Å². The Morgan fingerprint density at radius 1 is 1.32 bits per heavy atom. The second-order valence-electron chi connectivity index (χ2n) is 7.17. The van der Waals surface area contributed by atoms with Crippen molar-refractivity contribution in [1.29, 1.82) is 0 Å². The lowest BCUT2D eigenvalue weighted by atomic mass is 9.73. The van der Waals surface area contributed by atoms with Crippen LogP contribution in [0, 0.1) is 11.3 Å². The quantitative estimate of drug-likeness (QED) is 0.899. The van der Waals surface area contributed by atoms with Gasteiger partial charge < -0.3 is 10.3 Å². The summed E-state index contributed by atoms with van der Waals surface area (Å²) in [6, 6.07) is -0.124. The van der Waals surface area contributed by atoms with E-state index in [2.05, 4.69) is 37.8 Å². The van der Waals surface area contributed by atoms with Crippen molar-refractivity contribution in [3.8, 4) is 0 Å². The molecule has 1 fully saturated rings. The summed E-state index contributed by atoms with van der Waals surface area (Å²) < 4.78 is 5.35. The van der Waals surface area contributed by atoms with Crippen LogP contribution in [0.4, 0.5) is 0 Å². The summed E-state index contributed by atoms with van der Waals surface area (Å²) >= 11 is 0. The van der Waals surface area contributed by atoms with Gasteiger partial charge in [0, 0.05) is 5.92 Å². The number of nitrogens with two attached hydrogens (primary N) is 1. The van der Waals surface area contributed by atoms with Crippen LogP contribution in [0.2, 0.25) is 0 Å². The molecule has 108 valence electrons. The van der Waals surface area contributed by atoms with Gasteiger partial charge in [-0.25, -0.2) is 0 Å². The van der Waals surface area contributed by atoms with Crippen LogP contribution in [0.3, 0.4) is 0 Å². The van der Waals surface area contributed by atoms with E-state index in [-0.39, 0.29) is 6.04 Å². The van der Waals surface area contributed by atoms with Crippen molar-refractivity contribution in [2.75, 3.05) is 0 Å². The smallest absolute Gasteiger partial charge is 0.243 e. The maximum Gasteiger partial charge on any atom is 0.243 e. The molecular weight excluding hydrogens is 238 g/mol. The first-order valence-electron chi connectivity index (χ1n) is 7.46. The zero-order chi connectivity index (χ0) is 14.0. The van der Waals surface area contributed by atoms with Gasteiger partial charge in [-0.1, -0.05) is 32.9 Å². The first kappa shape index (κ1) is 14.5. The second kappa shape index (κ2) is 5.61. The predicted octanol–water partition coefficient (Wildman–Crippen LogP) is 3.80. The number of hydrogen-bond donors (Lipinski definition) is 1. The molecule has 0 bridgehead atoms. The van der Waals surface area contributed by atoms with E-state index in [4.69, 9.17) is 10.3 Å². The van der Waals surface area contributed by atoms with E-state index in [1.807, 2.05) is 0 Å². The molecular formula is C15H27N3O. The molecule has 4 heteroatoms. The lowest BCUT2D eigenvalue weighted by molar-refractivity contribution is 0.218. The van der Waals surface area contributed by atoms with Crippen molar-refractivity contribution < 1.29 is 4.52 Å². The predicted molar refractivity (Wildman–Crippen MR) is 75.7 cm³/mol. The zero-order valence-corrected chi connectivity index (χ0v) is 12.6. The number of rotatable bonds is 4. The Morgan fingerprint density at radius 2 is 1.95 bits per heavy atom. The maximum absolute atomic E-state index is 6.09. The summed E-state index contributed by atoms with van der Waals surface area (Å²) in [6.07, 6.45) is 5.68. The number of hydrogen-bond acceptors (Lipinski definition) is 4. The van der Waals surface area contributed by atoms with Gasteiger partial charge in [0.2, 0.25) is 5.89 Å². The SMILES string of the molecule is CC(C)C[C@@H](N)c1nc(C2CCC(C)(C)CC2)no1. The van der Waals surface area contributed by atoms with E-state index >= 15 is 0 Å². The fourth-order valence-corrected chi connectivity index (χ4v) is 2.83. The van der Waals surface area contributed by atoms with Crippen LogP contribution in [0.5, 0.6) is 0 Å². The van der Waals surface area contributed by atoms with Crippen molar-refractivity contribution in [3.05, 3.63) is 11.7 Å². The molecule has 1 aromatic heterocycles. The van der Waals surface area contributed by atoms with Crippen LogP contribution in [0.25, 0.3) is 0 Å². The molecule has 0 spiro atoms. The summed E-state index contributed by atoms with van der Waals surface area (Å²) in [5.41, 5.74) is 6.56. The fourth-order valence-electron chi connectivity index (χ4n) is 2.83. The number of nitrogens with zero attached hydrogens (tertiary/aromatic N) is 2. The summed E-state index contributed by atoms with van der Waals surface area (Å²) in [4.78, 5) is 4.53. The standard InChI is InChI=1S/C15H27N3O/c1-10(2)9-12(16)14-17-13(18-19-14)11-5-7-15(3,4)8-6-11/h10-12H,5-9,16H2,1-4H3/t12-/m1/s1. The third-order valence-electron chi connectivity index (χ3n) is 4.20. The van der Waals surface area contributed by atoms with Crippen molar-refractivity contribution in [1.82, 2.24) is 10.1 Å². The first-order valence-corrected chi connectivity index (χ1v) is 7.46. The van der Waals surface area contributed by atoms with Crippen LogP contribution in [0.1, 0.15) is 83.5 Å². The van der Waals surface area contributed by atoms with Crippen LogP contribution in [-0.2, 0) is 0 Å². The molecule has 0 saturated heterocycles. The lowest BCUT2D eigenvalue weighted by Gasteiger charge is -2.32. The Balaban J connectivity index is 1.98. The van der Waals surface area contributed by atoms with Crippen molar-refractivity contribution in [2.45, 2.75) is 71.8 Å². The third kappa shape index (κ3) is 3.78. The first-order chi connectivity index (χ1) is 8.87. The van der Waals surface area contributed by atoms with Crippen LogP contribution >= 0.6 is 0 Å². The van der Waals surface area contributed by atoms with Gasteiger partial charge in [0.25, 0.3) is 0 Å². The highest BCUT2D eigenvalue weighted by Gasteiger charge is 2.30. The Bertz CT molecular complexity index is 401. The molecule has 0 aromatic carbocycles. The maximum atomic E-state index is 6.09. The Morgan fingerprint density at radius 3 is 2.53 bits per heavy atom. The van der Waals surface area contributed by atoms with E-state index in [0.29, 0.717) is 23.1 Å². The monoisotopic (exact) mass is 265 g/mol. The molecule has 1 saturated carbocycles. The van der Waals surface area contributed by atoms with E-state index in [9.17, 15) is 0 Å². The highest BCUT2D eigenvalue weighted by Crippen LogP contribution is 2.41. The molecule has 2 N–H and O–H groups in total. The van der Waals surface area contributed by atoms with Crippen LogP contribution < -0.4 is 5.73 Å². The Kier molecular flexibility index (Phi) is 4.29. The normalized spacial score (nSPS) is 21.8. The van der Waals surface area contributed by atoms with Crippen molar-refractivity contribution in [2.24, 2.45) is 17.1 Å². The molecule has 1 aromatic rings. The van der Waals surface area contributed by atoms with Gasteiger partial charge in [0.1, 0.15) is 0 Å². The average Bonchev–Trinajstić information content (AvgIpc) is 2.77. The molecule has 1 atom stereocenters. The Hall–Kier alpha value is -0.900. The Labute approximate surface area is 116 Å². The lowest BCUT2D eigenvalue weighted by Crippen LogP contribution is -2.21. The van der Waals surface area contributed by atoms with Gasteiger partial charge in [-0.2, -0.15) is 4.98 Å². The van der Waals surface area contributed by atoms with Crippen molar-refractivity contribution in [3.63, 3.8) is 0 Å². The van der Waals surface area contributed by atoms with E-state index < -0.39 is 0 Å². The van der Waals surface area contributed by atoms with Gasteiger partial charge in [-0.05, 0) is 43.4 Å². The minimum absolute atomic E-state index is 0.124. The molecule has 0 unspecified atom stereocenters. The van der Waals surface area contributed by atoms with E-state index in [0.717, 1.165) is 25.1 Å². The van der Waals surface area contributed by atoms with E-state index in [1.165, 1.54) is 12.8 Å². The highest BCUT2D eigenvalue weighted by molar-refractivity contribution is 5.00. The minimum Gasteiger partial charge on any atom is -0.338 e. The molecule has 0 aliphatic heterocycles. The largest absolute Gasteiger partial charge is 0.338 e.